The second-order valence-corrected chi connectivity index (χ2v) is 11.1. The number of likely N-dealkylation sites (tertiary alicyclic amines) is 1. The molecular formula is C34H47N5O4. The molecule has 9 heteroatoms. The number of anilines is 2. The largest absolute Gasteiger partial charge is 0.494 e. The summed E-state index contributed by atoms with van der Waals surface area (Å²) in [6, 6.07) is 16.3. The van der Waals surface area contributed by atoms with Crippen LogP contribution in [-0.4, -0.2) is 79.6 Å². The Kier molecular flexibility index (Phi) is 12.2. The summed E-state index contributed by atoms with van der Waals surface area (Å²) in [6.07, 6.45) is 6.26. The molecule has 1 aromatic heterocycles. The molecule has 4 rings (SSSR count). The van der Waals surface area contributed by atoms with Crippen molar-refractivity contribution in [3.63, 3.8) is 0 Å². The Balaban J connectivity index is 1.22. The Morgan fingerprint density at radius 2 is 1.74 bits per heavy atom. The number of fused-ring (bicyclic) bond motifs is 1. The van der Waals surface area contributed by atoms with Crippen LogP contribution in [0.15, 0.2) is 48.5 Å². The highest BCUT2D eigenvalue weighted by molar-refractivity contribution is 6.00. The fourth-order valence-corrected chi connectivity index (χ4v) is 5.71. The van der Waals surface area contributed by atoms with E-state index in [4.69, 9.17) is 9.47 Å². The minimum absolute atomic E-state index is 0.219. The van der Waals surface area contributed by atoms with Gasteiger partial charge in [0.15, 0.2) is 5.69 Å². The second-order valence-electron chi connectivity index (χ2n) is 11.1. The number of hydrogen-bond donors (Lipinski definition) is 2. The molecule has 43 heavy (non-hydrogen) atoms. The van der Waals surface area contributed by atoms with E-state index in [0.29, 0.717) is 29.6 Å². The molecule has 0 unspecified atom stereocenters. The van der Waals surface area contributed by atoms with Crippen molar-refractivity contribution >= 4 is 34.2 Å². The number of unbranched alkanes of at least 4 members (excludes halogenated alkanes) is 2. The van der Waals surface area contributed by atoms with Crippen molar-refractivity contribution < 1.29 is 19.1 Å². The summed E-state index contributed by atoms with van der Waals surface area (Å²) in [5.41, 5.74) is 3.72. The lowest BCUT2D eigenvalue weighted by Gasteiger charge is -2.32. The molecule has 2 heterocycles. The Bertz CT molecular complexity index is 1330. The highest BCUT2D eigenvalue weighted by atomic mass is 16.5. The predicted octanol–water partition coefficient (Wildman–Crippen LogP) is 5.76. The minimum Gasteiger partial charge on any atom is -0.494 e. The van der Waals surface area contributed by atoms with E-state index in [0.717, 1.165) is 88.1 Å². The van der Waals surface area contributed by atoms with Crippen LogP contribution in [0.3, 0.4) is 0 Å². The van der Waals surface area contributed by atoms with Gasteiger partial charge in [-0.15, -0.1) is 0 Å². The van der Waals surface area contributed by atoms with Gasteiger partial charge < -0.3 is 29.9 Å². The maximum absolute atomic E-state index is 12.3. The zero-order valence-electron chi connectivity index (χ0n) is 26.2. The lowest BCUT2D eigenvalue weighted by molar-refractivity contribution is -0.130. The number of piperidine rings is 1. The number of aromatic nitrogens is 1. The van der Waals surface area contributed by atoms with Gasteiger partial charge in [0, 0.05) is 43.2 Å². The van der Waals surface area contributed by atoms with E-state index in [1.54, 1.807) is 13.2 Å². The van der Waals surface area contributed by atoms with Crippen LogP contribution in [0, 0.1) is 0 Å². The third kappa shape index (κ3) is 8.91. The number of rotatable bonds is 15. The number of carbonyl (C=O) groups excluding carboxylic acids is 2. The molecule has 0 saturated carbocycles. The van der Waals surface area contributed by atoms with Gasteiger partial charge in [0.2, 0.25) is 5.91 Å². The first-order chi connectivity index (χ1) is 20.9. The second kappa shape index (κ2) is 16.2. The molecule has 232 valence electrons. The van der Waals surface area contributed by atoms with Crippen molar-refractivity contribution in [3.8, 4) is 5.75 Å². The van der Waals surface area contributed by atoms with Crippen LogP contribution in [0.5, 0.6) is 5.75 Å². The molecule has 9 nitrogen and oxygen atoms in total. The Labute approximate surface area is 255 Å². The summed E-state index contributed by atoms with van der Waals surface area (Å²) < 4.78 is 10.4. The molecule has 2 N–H and O–H groups in total. The first kappa shape index (κ1) is 32.2. The molecule has 0 radical (unpaired) electrons. The van der Waals surface area contributed by atoms with Crippen LogP contribution in [0.1, 0.15) is 68.4 Å². The van der Waals surface area contributed by atoms with Gasteiger partial charge in [-0.1, -0.05) is 30.7 Å². The summed E-state index contributed by atoms with van der Waals surface area (Å²) >= 11 is 0. The molecule has 1 amide bonds. The number of pyridine rings is 1. The number of nitrogens with one attached hydrogen (secondary N) is 2. The first-order valence-corrected chi connectivity index (χ1v) is 15.6. The van der Waals surface area contributed by atoms with Crippen molar-refractivity contribution in [2.75, 3.05) is 52.3 Å². The zero-order chi connectivity index (χ0) is 30.6. The SMILES string of the molecule is CCN(CC)C(=O)CCCCCN1CCC(NCc2ccc(Nc3cc(C(=O)OC)nc4c(OC)cccc34)cc2)CC1. The van der Waals surface area contributed by atoms with Gasteiger partial charge >= 0.3 is 5.97 Å². The molecule has 1 aliphatic rings. The van der Waals surface area contributed by atoms with Gasteiger partial charge in [0.1, 0.15) is 11.3 Å². The smallest absolute Gasteiger partial charge is 0.356 e. The molecule has 0 bridgehead atoms. The number of amides is 1. The molecular weight excluding hydrogens is 542 g/mol. The number of ether oxygens (including phenoxy) is 2. The Morgan fingerprint density at radius 1 is 1.00 bits per heavy atom. The van der Waals surface area contributed by atoms with Crippen LogP contribution < -0.4 is 15.4 Å². The lowest BCUT2D eigenvalue weighted by Crippen LogP contribution is -2.42. The van der Waals surface area contributed by atoms with Crippen molar-refractivity contribution in [1.29, 1.82) is 0 Å². The standard InChI is InChI=1S/C34H47N5O4/c1-5-39(6-2)32(40)13-8-7-9-20-38-21-18-26(19-22-38)35-24-25-14-16-27(17-15-25)36-29-23-30(34(41)43-4)37-33-28(29)11-10-12-31(33)42-3/h10-12,14-17,23,26,35H,5-9,13,18-22,24H2,1-4H3,(H,36,37). The summed E-state index contributed by atoms with van der Waals surface area (Å²) in [6.45, 7) is 9.90. The minimum atomic E-state index is -0.498. The van der Waals surface area contributed by atoms with Crippen LogP contribution in [0.4, 0.5) is 11.4 Å². The Morgan fingerprint density at radius 3 is 2.42 bits per heavy atom. The van der Waals surface area contributed by atoms with Crippen LogP contribution >= 0.6 is 0 Å². The summed E-state index contributed by atoms with van der Waals surface area (Å²) in [5.74, 6) is 0.389. The molecule has 0 spiro atoms. The average molecular weight is 590 g/mol. The maximum atomic E-state index is 12.3. The first-order valence-electron chi connectivity index (χ1n) is 15.6. The van der Waals surface area contributed by atoms with Crippen molar-refractivity contribution in [3.05, 3.63) is 59.8 Å². The molecule has 1 aliphatic heterocycles. The monoisotopic (exact) mass is 589 g/mol. The third-order valence-corrected chi connectivity index (χ3v) is 8.31. The average Bonchev–Trinajstić information content (AvgIpc) is 3.04. The number of methoxy groups -OCH3 is 2. The summed E-state index contributed by atoms with van der Waals surface area (Å²) in [5, 5.41) is 8.04. The van der Waals surface area contributed by atoms with E-state index in [1.807, 2.05) is 36.9 Å². The van der Waals surface area contributed by atoms with Crippen molar-refractivity contribution in [2.24, 2.45) is 0 Å². The summed E-state index contributed by atoms with van der Waals surface area (Å²) in [4.78, 5) is 33.4. The highest BCUT2D eigenvalue weighted by Gasteiger charge is 2.19. The fraction of sp³-hybridized carbons (Fsp3) is 0.500. The Hall–Kier alpha value is -3.69. The van der Waals surface area contributed by atoms with E-state index >= 15 is 0 Å². The third-order valence-electron chi connectivity index (χ3n) is 8.31. The number of nitrogens with zero attached hydrogens (tertiary/aromatic N) is 3. The normalized spacial score (nSPS) is 14.0. The quantitative estimate of drug-likeness (QED) is 0.171. The highest BCUT2D eigenvalue weighted by Crippen LogP contribution is 2.32. The van der Waals surface area contributed by atoms with E-state index in [-0.39, 0.29) is 5.69 Å². The number of esters is 1. The number of carbonyl (C=O) groups is 2. The van der Waals surface area contributed by atoms with Gasteiger partial charge in [0.05, 0.1) is 19.9 Å². The maximum Gasteiger partial charge on any atom is 0.356 e. The van der Waals surface area contributed by atoms with E-state index in [9.17, 15) is 9.59 Å². The van der Waals surface area contributed by atoms with Crippen molar-refractivity contribution in [2.45, 2.75) is 65.0 Å². The summed E-state index contributed by atoms with van der Waals surface area (Å²) in [7, 11) is 2.94. The van der Waals surface area contributed by atoms with E-state index in [2.05, 4.69) is 44.8 Å². The van der Waals surface area contributed by atoms with Crippen LogP contribution in [0.2, 0.25) is 0 Å². The van der Waals surface area contributed by atoms with Crippen LogP contribution in [0.25, 0.3) is 10.9 Å². The van der Waals surface area contributed by atoms with Gasteiger partial charge in [-0.3, -0.25) is 4.79 Å². The van der Waals surface area contributed by atoms with Gasteiger partial charge in [0.25, 0.3) is 0 Å². The molecule has 1 saturated heterocycles. The van der Waals surface area contributed by atoms with Crippen LogP contribution in [-0.2, 0) is 16.1 Å². The van der Waals surface area contributed by atoms with Gasteiger partial charge in [-0.25, -0.2) is 9.78 Å². The molecule has 0 aliphatic carbocycles. The van der Waals surface area contributed by atoms with Gasteiger partial charge in [-0.2, -0.15) is 0 Å². The lowest BCUT2D eigenvalue weighted by atomic mass is 10.0. The molecule has 1 fully saturated rings. The predicted molar refractivity (Wildman–Crippen MR) is 172 cm³/mol. The molecule has 2 aromatic carbocycles. The van der Waals surface area contributed by atoms with Gasteiger partial charge in [-0.05, 0) is 89.0 Å². The molecule has 0 atom stereocenters. The number of benzene rings is 2. The van der Waals surface area contributed by atoms with E-state index < -0.39 is 5.97 Å². The number of hydrogen-bond acceptors (Lipinski definition) is 8. The number of para-hydroxylation sites is 1. The molecule has 3 aromatic rings. The van der Waals surface area contributed by atoms with Crippen molar-refractivity contribution in [1.82, 2.24) is 20.1 Å². The van der Waals surface area contributed by atoms with E-state index in [1.165, 1.54) is 12.7 Å². The topological polar surface area (TPSA) is 96.0 Å². The fourth-order valence-electron chi connectivity index (χ4n) is 5.71. The zero-order valence-corrected chi connectivity index (χ0v) is 26.2.